The van der Waals surface area contributed by atoms with Crippen molar-refractivity contribution in [1.29, 1.82) is 0 Å². The third-order valence-corrected chi connectivity index (χ3v) is 4.35. The molecule has 0 spiro atoms. The molecule has 1 aliphatic rings. The summed E-state index contributed by atoms with van der Waals surface area (Å²) in [7, 11) is 0. The first-order valence-electron chi connectivity index (χ1n) is 7.56. The van der Waals surface area contributed by atoms with Gasteiger partial charge in [-0.25, -0.2) is 0 Å². The average Bonchev–Trinajstić information content (AvgIpc) is 2.46. The van der Waals surface area contributed by atoms with Crippen molar-refractivity contribution in [3.63, 3.8) is 0 Å². The molecule has 0 saturated carbocycles. The quantitative estimate of drug-likeness (QED) is 0.760. The van der Waals surface area contributed by atoms with E-state index in [9.17, 15) is 0 Å². The number of quaternary nitrogens is 1. The number of halogens is 1. The van der Waals surface area contributed by atoms with Gasteiger partial charge in [0.15, 0.2) is 0 Å². The van der Waals surface area contributed by atoms with Crippen LogP contribution in [0, 0.1) is 0 Å². The van der Waals surface area contributed by atoms with Crippen LogP contribution in [0.5, 0.6) is 5.75 Å². The molecule has 1 N–H and O–H groups in total. The largest absolute Gasteiger partial charge is 0.494 e. The van der Waals surface area contributed by atoms with Crippen LogP contribution < -0.4 is 9.64 Å². The third kappa shape index (κ3) is 5.96. The summed E-state index contributed by atoms with van der Waals surface area (Å²) in [4.78, 5) is 1.82. The van der Waals surface area contributed by atoms with Crippen molar-refractivity contribution in [2.24, 2.45) is 0 Å². The van der Waals surface area contributed by atoms with Gasteiger partial charge < -0.3 is 9.64 Å². The predicted molar refractivity (Wildman–Crippen MR) is 82.9 cm³/mol. The molecule has 1 fully saturated rings. The number of hydrogen-bond acceptors (Lipinski definition) is 1. The Balaban J connectivity index is 1.49. The van der Waals surface area contributed by atoms with Crippen LogP contribution in [-0.4, -0.2) is 26.2 Å². The van der Waals surface area contributed by atoms with Gasteiger partial charge in [0.25, 0.3) is 0 Å². The summed E-state index contributed by atoms with van der Waals surface area (Å²) in [6.45, 7) is 5.00. The van der Waals surface area contributed by atoms with E-state index in [1.165, 1.54) is 58.2 Å². The highest BCUT2D eigenvalue weighted by atomic mass is 79.9. The molecule has 0 atom stereocenters. The molecular weight excluding hydrogens is 302 g/mol. The van der Waals surface area contributed by atoms with Crippen molar-refractivity contribution in [2.45, 2.75) is 38.5 Å². The summed E-state index contributed by atoms with van der Waals surface area (Å²) in [5, 5.41) is 0. The number of unbranched alkanes of at least 4 members (excludes halogenated alkanes) is 2. The van der Waals surface area contributed by atoms with Crippen molar-refractivity contribution in [1.82, 2.24) is 0 Å². The molecule has 106 valence electrons. The zero-order valence-corrected chi connectivity index (χ0v) is 13.3. The van der Waals surface area contributed by atoms with E-state index in [2.05, 4.69) is 15.9 Å². The van der Waals surface area contributed by atoms with Gasteiger partial charge in [-0.05, 0) is 62.8 Å². The SMILES string of the molecule is Brc1ccc(OCCCCC[NH+]2CCCCC2)cc1. The van der Waals surface area contributed by atoms with Gasteiger partial charge in [-0.15, -0.1) is 0 Å². The van der Waals surface area contributed by atoms with Crippen LogP contribution in [0.3, 0.4) is 0 Å². The van der Waals surface area contributed by atoms with Gasteiger partial charge in [-0.1, -0.05) is 15.9 Å². The fourth-order valence-electron chi connectivity index (χ4n) is 2.68. The number of benzene rings is 1. The second kappa shape index (κ2) is 8.60. The maximum atomic E-state index is 5.73. The van der Waals surface area contributed by atoms with Crippen LogP contribution in [0.4, 0.5) is 0 Å². The smallest absolute Gasteiger partial charge is 0.119 e. The number of ether oxygens (including phenoxy) is 1. The van der Waals surface area contributed by atoms with Crippen LogP contribution in [0.25, 0.3) is 0 Å². The van der Waals surface area contributed by atoms with Crippen molar-refractivity contribution in [3.8, 4) is 5.75 Å². The molecule has 1 saturated heterocycles. The van der Waals surface area contributed by atoms with Crippen molar-refractivity contribution in [3.05, 3.63) is 28.7 Å². The Morgan fingerprint density at radius 2 is 1.68 bits per heavy atom. The van der Waals surface area contributed by atoms with Gasteiger partial charge in [-0.3, -0.25) is 0 Å². The fourth-order valence-corrected chi connectivity index (χ4v) is 2.94. The van der Waals surface area contributed by atoms with Crippen molar-refractivity contribution >= 4 is 15.9 Å². The number of piperidine rings is 1. The Morgan fingerprint density at radius 1 is 0.947 bits per heavy atom. The van der Waals surface area contributed by atoms with Crippen LogP contribution in [0.1, 0.15) is 38.5 Å². The normalized spacial score (nSPS) is 16.5. The summed E-state index contributed by atoms with van der Waals surface area (Å²) >= 11 is 3.43. The molecule has 3 heteroatoms. The number of likely N-dealkylation sites (tertiary alicyclic amines) is 1. The summed E-state index contributed by atoms with van der Waals surface area (Å²) in [6.07, 6.45) is 8.12. The molecule has 1 aromatic rings. The van der Waals surface area contributed by atoms with Crippen molar-refractivity contribution in [2.75, 3.05) is 26.2 Å². The van der Waals surface area contributed by atoms with E-state index in [0.717, 1.165) is 16.8 Å². The molecule has 0 bridgehead atoms. The first-order valence-corrected chi connectivity index (χ1v) is 8.36. The van der Waals surface area contributed by atoms with Gasteiger partial charge in [0.05, 0.1) is 26.2 Å². The van der Waals surface area contributed by atoms with Crippen molar-refractivity contribution < 1.29 is 9.64 Å². The molecule has 19 heavy (non-hydrogen) atoms. The monoisotopic (exact) mass is 326 g/mol. The molecule has 0 amide bonds. The molecule has 1 heterocycles. The minimum atomic E-state index is 0.844. The van der Waals surface area contributed by atoms with E-state index in [-0.39, 0.29) is 0 Å². The summed E-state index contributed by atoms with van der Waals surface area (Å²) in [5.74, 6) is 0.977. The number of rotatable bonds is 7. The van der Waals surface area contributed by atoms with Crippen LogP contribution in [0.2, 0.25) is 0 Å². The summed E-state index contributed by atoms with van der Waals surface area (Å²) in [6, 6.07) is 8.08. The lowest BCUT2D eigenvalue weighted by molar-refractivity contribution is -0.905. The highest BCUT2D eigenvalue weighted by Crippen LogP contribution is 2.16. The Bertz CT molecular complexity index is 346. The van der Waals surface area contributed by atoms with E-state index >= 15 is 0 Å². The van der Waals surface area contributed by atoms with Gasteiger partial charge in [0.1, 0.15) is 5.75 Å². The predicted octanol–water partition coefficient (Wildman–Crippen LogP) is 3.07. The minimum absolute atomic E-state index is 0.844. The van der Waals surface area contributed by atoms with Crippen LogP contribution in [-0.2, 0) is 0 Å². The van der Waals surface area contributed by atoms with Crippen LogP contribution >= 0.6 is 15.9 Å². The van der Waals surface area contributed by atoms with Gasteiger partial charge in [0.2, 0.25) is 0 Å². The highest BCUT2D eigenvalue weighted by molar-refractivity contribution is 9.10. The zero-order chi connectivity index (χ0) is 13.3. The third-order valence-electron chi connectivity index (χ3n) is 3.82. The van der Waals surface area contributed by atoms with Gasteiger partial charge >= 0.3 is 0 Å². The molecule has 1 aromatic carbocycles. The Kier molecular flexibility index (Phi) is 6.72. The molecule has 0 radical (unpaired) electrons. The zero-order valence-electron chi connectivity index (χ0n) is 11.7. The maximum absolute atomic E-state index is 5.73. The van der Waals surface area contributed by atoms with Gasteiger partial charge in [0, 0.05) is 4.47 Å². The van der Waals surface area contributed by atoms with Gasteiger partial charge in [-0.2, -0.15) is 0 Å². The average molecular weight is 327 g/mol. The Hall–Kier alpha value is -0.540. The maximum Gasteiger partial charge on any atom is 0.119 e. The lowest BCUT2D eigenvalue weighted by Gasteiger charge is -2.23. The van der Waals surface area contributed by atoms with E-state index in [4.69, 9.17) is 4.74 Å². The lowest BCUT2D eigenvalue weighted by Crippen LogP contribution is -3.12. The molecule has 0 aliphatic carbocycles. The highest BCUT2D eigenvalue weighted by Gasteiger charge is 2.12. The lowest BCUT2D eigenvalue weighted by atomic mass is 10.1. The fraction of sp³-hybridized carbons (Fsp3) is 0.625. The second-order valence-corrected chi connectivity index (χ2v) is 6.34. The van der Waals surface area contributed by atoms with Crippen LogP contribution in [0.15, 0.2) is 28.7 Å². The van der Waals surface area contributed by atoms with E-state index < -0.39 is 0 Å². The molecule has 2 nitrogen and oxygen atoms in total. The Labute approximate surface area is 125 Å². The molecular formula is C16H25BrNO+. The molecule has 1 aliphatic heterocycles. The van der Waals surface area contributed by atoms with E-state index in [0.29, 0.717) is 0 Å². The summed E-state index contributed by atoms with van der Waals surface area (Å²) in [5.41, 5.74) is 0. The van der Waals surface area contributed by atoms with E-state index in [1.807, 2.05) is 29.2 Å². The minimum Gasteiger partial charge on any atom is -0.494 e. The number of nitrogens with one attached hydrogen (secondary N) is 1. The first kappa shape index (κ1) is 14.9. The second-order valence-electron chi connectivity index (χ2n) is 5.42. The Morgan fingerprint density at radius 3 is 2.42 bits per heavy atom. The molecule has 0 aromatic heterocycles. The first-order chi connectivity index (χ1) is 9.34. The molecule has 0 unspecified atom stereocenters. The molecule has 2 rings (SSSR count). The topological polar surface area (TPSA) is 13.7 Å². The number of hydrogen-bond donors (Lipinski definition) is 1. The standard InChI is InChI=1S/C16H24BrNO/c17-15-7-9-16(10-8-15)19-14-6-2-5-13-18-11-3-1-4-12-18/h7-10H,1-6,11-14H2/p+1. The summed E-state index contributed by atoms with van der Waals surface area (Å²) < 4.78 is 6.83. The van der Waals surface area contributed by atoms with E-state index in [1.54, 1.807) is 0 Å².